The fourth-order valence-electron chi connectivity index (χ4n) is 0.996. The molecule has 0 heterocycles. The number of hydrogen-bond donors (Lipinski definition) is 0. The summed E-state index contributed by atoms with van der Waals surface area (Å²) in [6.45, 7) is 7.59. The molecule has 0 aliphatic carbocycles. The van der Waals surface area contributed by atoms with E-state index in [9.17, 15) is 14.4 Å². The lowest BCUT2D eigenvalue weighted by atomic mass is 10.3. The van der Waals surface area contributed by atoms with Gasteiger partial charge in [0.1, 0.15) is 0 Å². The molecule has 0 radical (unpaired) electrons. The van der Waals surface area contributed by atoms with Gasteiger partial charge >= 0.3 is 17.9 Å². The summed E-state index contributed by atoms with van der Waals surface area (Å²) in [5.41, 5.74) is 0. The number of carbonyl (C=O) groups is 3. The Morgan fingerprint density at radius 2 is 0.950 bits per heavy atom. The van der Waals surface area contributed by atoms with Crippen LogP contribution in [0.25, 0.3) is 0 Å². The van der Waals surface area contributed by atoms with Gasteiger partial charge in [0.2, 0.25) is 0 Å². The van der Waals surface area contributed by atoms with Crippen LogP contribution in [0.5, 0.6) is 0 Å². The van der Waals surface area contributed by atoms with Crippen LogP contribution in [0.3, 0.4) is 0 Å². The monoisotopic (exact) mass is 290 g/mol. The van der Waals surface area contributed by atoms with Crippen LogP contribution < -0.4 is 0 Å². The molecule has 0 unspecified atom stereocenters. The number of hydrogen-bond acceptors (Lipinski definition) is 6. The lowest BCUT2D eigenvalue weighted by molar-refractivity contribution is -0.143. The van der Waals surface area contributed by atoms with Gasteiger partial charge in [-0.3, -0.25) is 14.4 Å². The zero-order chi connectivity index (χ0) is 15.8. The molecular weight excluding hydrogens is 264 g/mol. The van der Waals surface area contributed by atoms with Gasteiger partial charge in [-0.2, -0.15) is 0 Å². The molecule has 6 nitrogen and oxygen atoms in total. The first-order valence-electron chi connectivity index (χ1n) is 6.80. The number of carbonyl (C=O) groups excluding carboxylic acids is 3. The molecule has 0 fully saturated rings. The molecule has 0 spiro atoms. The first-order valence-corrected chi connectivity index (χ1v) is 6.80. The zero-order valence-electron chi connectivity index (χ0n) is 12.9. The molecule has 0 aliphatic rings. The van der Waals surface area contributed by atoms with Crippen molar-refractivity contribution < 1.29 is 28.6 Å². The molecule has 0 aliphatic heterocycles. The highest BCUT2D eigenvalue weighted by molar-refractivity contribution is 5.66. The molecule has 0 N–H and O–H groups in total. The second-order valence-corrected chi connectivity index (χ2v) is 4.08. The Morgan fingerprint density at radius 1 is 0.650 bits per heavy atom. The second-order valence-electron chi connectivity index (χ2n) is 4.08. The van der Waals surface area contributed by atoms with Crippen molar-refractivity contribution in [3.63, 3.8) is 0 Å². The Bertz CT molecular complexity index is 257. The van der Waals surface area contributed by atoms with Crippen LogP contribution in [0.15, 0.2) is 0 Å². The van der Waals surface area contributed by atoms with E-state index in [0.29, 0.717) is 19.8 Å². The van der Waals surface area contributed by atoms with Gasteiger partial charge in [0.15, 0.2) is 0 Å². The van der Waals surface area contributed by atoms with Crippen LogP contribution in [0.2, 0.25) is 0 Å². The van der Waals surface area contributed by atoms with Crippen molar-refractivity contribution in [3.05, 3.63) is 0 Å². The lowest BCUT2D eigenvalue weighted by Gasteiger charge is -2.01. The predicted octanol–water partition coefficient (Wildman–Crippen LogP) is 2.24. The normalized spacial score (nSPS) is 9.00. The zero-order valence-corrected chi connectivity index (χ0v) is 12.9. The van der Waals surface area contributed by atoms with Gasteiger partial charge in [0.05, 0.1) is 19.8 Å². The summed E-state index contributed by atoms with van der Waals surface area (Å²) in [5.74, 6) is -0.733. The summed E-state index contributed by atoms with van der Waals surface area (Å²) in [4.78, 5) is 30.7. The van der Waals surface area contributed by atoms with E-state index in [4.69, 9.17) is 0 Å². The molecule has 0 saturated heterocycles. The topological polar surface area (TPSA) is 78.9 Å². The smallest absolute Gasteiger partial charge is 0.302 e. The largest absolute Gasteiger partial charge is 0.466 e. The van der Waals surface area contributed by atoms with E-state index < -0.39 is 0 Å². The van der Waals surface area contributed by atoms with Crippen molar-refractivity contribution in [2.75, 3.05) is 19.8 Å². The van der Waals surface area contributed by atoms with Crippen molar-refractivity contribution in [1.29, 1.82) is 0 Å². The molecule has 0 aromatic heterocycles. The van der Waals surface area contributed by atoms with Crippen molar-refractivity contribution in [1.82, 2.24) is 0 Å². The minimum atomic E-state index is -0.275. The van der Waals surface area contributed by atoms with Gasteiger partial charge in [-0.15, -0.1) is 0 Å². The average Bonchev–Trinajstić information content (AvgIpc) is 2.33. The predicted molar refractivity (Wildman–Crippen MR) is 74.0 cm³/mol. The van der Waals surface area contributed by atoms with Crippen molar-refractivity contribution >= 4 is 17.9 Å². The molecule has 0 rings (SSSR count). The van der Waals surface area contributed by atoms with Crippen LogP contribution in [0.1, 0.15) is 53.4 Å². The molecule has 0 atom stereocenters. The maximum absolute atomic E-state index is 10.3. The van der Waals surface area contributed by atoms with Gasteiger partial charge in [0.25, 0.3) is 0 Å². The summed E-state index contributed by atoms with van der Waals surface area (Å²) in [6.07, 6.45) is 3.51. The molecule has 6 heteroatoms. The van der Waals surface area contributed by atoms with Crippen LogP contribution in [-0.4, -0.2) is 37.7 Å². The number of rotatable bonds is 8. The molecular formula is C14H26O6. The first kappa shape index (κ1) is 20.7. The van der Waals surface area contributed by atoms with E-state index in [1.54, 1.807) is 0 Å². The number of ether oxygens (including phenoxy) is 3. The van der Waals surface area contributed by atoms with Gasteiger partial charge < -0.3 is 14.2 Å². The summed E-state index contributed by atoms with van der Waals surface area (Å²) in [6, 6.07) is 0. The summed E-state index contributed by atoms with van der Waals surface area (Å²) >= 11 is 0. The highest BCUT2D eigenvalue weighted by Crippen LogP contribution is 1.91. The molecule has 0 bridgehead atoms. The van der Waals surface area contributed by atoms with Crippen molar-refractivity contribution in [2.24, 2.45) is 0 Å². The van der Waals surface area contributed by atoms with Crippen molar-refractivity contribution in [2.45, 2.75) is 53.4 Å². The second kappa shape index (κ2) is 15.5. The maximum atomic E-state index is 10.3. The highest BCUT2D eigenvalue weighted by atomic mass is 16.5. The molecule has 0 aromatic carbocycles. The Hall–Kier alpha value is -1.59. The molecule has 0 aromatic rings. The SMILES string of the molecule is CC(=O)OCCCCOC(C)=O.CCCCOC(C)=O. The van der Waals surface area contributed by atoms with Gasteiger partial charge in [-0.25, -0.2) is 0 Å². The summed E-state index contributed by atoms with van der Waals surface area (Å²) < 4.78 is 14.0. The van der Waals surface area contributed by atoms with E-state index in [0.717, 1.165) is 25.7 Å². The molecule has 118 valence electrons. The Morgan fingerprint density at radius 3 is 1.20 bits per heavy atom. The van der Waals surface area contributed by atoms with Crippen LogP contribution in [-0.2, 0) is 28.6 Å². The van der Waals surface area contributed by atoms with E-state index in [1.165, 1.54) is 20.8 Å². The lowest BCUT2D eigenvalue weighted by Crippen LogP contribution is -2.04. The molecule has 0 saturated carbocycles. The fraction of sp³-hybridized carbons (Fsp3) is 0.786. The van der Waals surface area contributed by atoms with E-state index in [1.807, 2.05) is 0 Å². The summed E-state index contributed by atoms with van der Waals surface area (Å²) in [5, 5.41) is 0. The van der Waals surface area contributed by atoms with E-state index >= 15 is 0 Å². The fourth-order valence-corrected chi connectivity index (χ4v) is 0.996. The maximum Gasteiger partial charge on any atom is 0.302 e. The number of esters is 3. The minimum absolute atomic E-state index is 0.182. The van der Waals surface area contributed by atoms with Gasteiger partial charge in [0, 0.05) is 20.8 Å². The first-order chi connectivity index (χ1) is 9.40. The quantitative estimate of drug-likeness (QED) is 0.387. The van der Waals surface area contributed by atoms with E-state index in [2.05, 4.69) is 21.1 Å². The minimum Gasteiger partial charge on any atom is -0.466 e. The van der Waals surface area contributed by atoms with E-state index in [-0.39, 0.29) is 17.9 Å². The highest BCUT2D eigenvalue weighted by Gasteiger charge is 1.94. The molecule has 20 heavy (non-hydrogen) atoms. The Kier molecular flexibility index (Phi) is 16.0. The van der Waals surface area contributed by atoms with Crippen LogP contribution >= 0.6 is 0 Å². The average molecular weight is 290 g/mol. The Labute approximate surface area is 120 Å². The Balaban J connectivity index is 0. The third-order valence-corrected chi connectivity index (χ3v) is 1.95. The third kappa shape index (κ3) is 25.3. The van der Waals surface area contributed by atoms with Crippen LogP contribution in [0, 0.1) is 0 Å². The molecule has 0 amide bonds. The van der Waals surface area contributed by atoms with Gasteiger partial charge in [-0.05, 0) is 19.3 Å². The summed E-state index contributed by atoms with van der Waals surface area (Å²) in [7, 11) is 0. The standard InChI is InChI=1S/C8H14O4.C6H12O2/c1-7(9)11-5-3-4-6-12-8(2)10;1-3-4-5-8-6(2)7/h3-6H2,1-2H3;3-5H2,1-2H3. The number of unbranched alkanes of at least 4 members (excludes halogenated alkanes) is 2. The van der Waals surface area contributed by atoms with Gasteiger partial charge in [-0.1, -0.05) is 13.3 Å². The third-order valence-electron chi connectivity index (χ3n) is 1.95. The van der Waals surface area contributed by atoms with Crippen molar-refractivity contribution in [3.8, 4) is 0 Å². The van der Waals surface area contributed by atoms with Crippen LogP contribution in [0.4, 0.5) is 0 Å².